The largest absolute Gasteiger partial charge is 0.485 e. The van der Waals surface area contributed by atoms with Gasteiger partial charge in [0.25, 0.3) is 5.91 Å². The molecule has 2 aliphatic heterocycles. The first-order valence-electron chi connectivity index (χ1n) is 8.88. The molecule has 1 aromatic carbocycles. The van der Waals surface area contributed by atoms with Crippen LogP contribution in [0.5, 0.6) is 5.75 Å². The predicted molar refractivity (Wildman–Crippen MR) is 107 cm³/mol. The molecule has 0 N–H and O–H groups in total. The van der Waals surface area contributed by atoms with Crippen molar-refractivity contribution in [1.29, 1.82) is 0 Å². The number of rotatable bonds is 2. The minimum absolute atomic E-state index is 0.0638. The zero-order chi connectivity index (χ0) is 17.4. The first-order chi connectivity index (χ1) is 12.1. The molecular weight excluding hydrogens is 350 g/mol. The van der Waals surface area contributed by atoms with Crippen LogP contribution in [0.3, 0.4) is 0 Å². The van der Waals surface area contributed by atoms with Gasteiger partial charge in [-0.25, -0.2) is 0 Å². The Morgan fingerprint density at radius 1 is 1.24 bits per heavy atom. The number of benzene rings is 1. The summed E-state index contributed by atoms with van der Waals surface area (Å²) in [5.74, 6) is 0.954. The third-order valence-electron chi connectivity index (χ3n) is 5.08. The quantitative estimate of drug-likeness (QED) is 0.545. The van der Waals surface area contributed by atoms with Gasteiger partial charge >= 0.3 is 0 Å². The monoisotopic (exact) mass is 371 g/mol. The average molecular weight is 372 g/mol. The lowest BCUT2D eigenvalue weighted by Gasteiger charge is -2.29. The number of carbonyl (C=O) groups is 1. The van der Waals surface area contributed by atoms with Crippen LogP contribution in [-0.4, -0.2) is 27.3 Å². The highest BCUT2D eigenvalue weighted by Crippen LogP contribution is 2.38. The highest BCUT2D eigenvalue weighted by molar-refractivity contribution is 8.26. The molecule has 1 aromatic rings. The van der Waals surface area contributed by atoms with Gasteiger partial charge in [-0.15, -0.1) is 0 Å². The normalized spacial score (nSPS) is 25.8. The third kappa shape index (κ3) is 3.27. The van der Waals surface area contributed by atoms with Gasteiger partial charge in [0, 0.05) is 11.6 Å². The number of thiocarbonyl (C=S) groups is 1. The lowest BCUT2D eigenvalue weighted by Crippen LogP contribution is -2.39. The Hall–Kier alpha value is -1.59. The van der Waals surface area contributed by atoms with Crippen molar-refractivity contribution in [3.8, 4) is 5.75 Å². The fraction of sp³-hybridized carbons (Fsp3) is 0.400. The molecule has 3 nitrogen and oxygen atoms in total. The topological polar surface area (TPSA) is 29.5 Å². The lowest BCUT2D eigenvalue weighted by molar-refractivity contribution is -0.124. The second-order valence-corrected chi connectivity index (χ2v) is 8.46. The summed E-state index contributed by atoms with van der Waals surface area (Å²) in [6.07, 6.45) is 9.76. The maximum Gasteiger partial charge on any atom is 0.266 e. The first-order valence-corrected chi connectivity index (χ1v) is 10.1. The van der Waals surface area contributed by atoms with Crippen LogP contribution in [0.2, 0.25) is 0 Å². The highest BCUT2D eigenvalue weighted by Gasteiger charge is 2.37. The molecule has 2 heterocycles. The van der Waals surface area contributed by atoms with Crippen LogP contribution in [0.4, 0.5) is 0 Å². The molecule has 1 amide bonds. The van der Waals surface area contributed by atoms with Crippen LogP contribution < -0.4 is 4.74 Å². The highest BCUT2D eigenvalue weighted by atomic mass is 32.2. The first kappa shape index (κ1) is 16.9. The van der Waals surface area contributed by atoms with Gasteiger partial charge in [-0.2, -0.15) is 0 Å². The summed E-state index contributed by atoms with van der Waals surface area (Å²) in [5, 5.41) is 0. The van der Waals surface area contributed by atoms with Gasteiger partial charge in [-0.1, -0.05) is 61.4 Å². The second kappa shape index (κ2) is 6.96. The molecule has 1 atom stereocenters. The molecule has 130 valence electrons. The van der Waals surface area contributed by atoms with E-state index in [4.69, 9.17) is 17.0 Å². The zero-order valence-corrected chi connectivity index (χ0v) is 15.9. The maximum absolute atomic E-state index is 12.9. The number of amides is 1. The molecule has 5 heteroatoms. The van der Waals surface area contributed by atoms with E-state index < -0.39 is 0 Å². The van der Waals surface area contributed by atoms with E-state index in [9.17, 15) is 4.79 Å². The van der Waals surface area contributed by atoms with Crippen LogP contribution in [0.25, 0.3) is 6.08 Å². The van der Waals surface area contributed by atoms with E-state index in [2.05, 4.69) is 6.08 Å². The van der Waals surface area contributed by atoms with E-state index in [1.54, 1.807) is 0 Å². The molecule has 1 saturated heterocycles. The van der Waals surface area contributed by atoms with Gasteiger partial charge in [-0.3, -0.25) is 9.69 Å². The molecule has 1 aliphatic carbocycles. The number of carbonyl (C=O) groups excluding carboxylic acids is 1. The number of hydrogen-bond donors (Lipinski definition) is 0. The fourth-order valence-electron chi connectivity index (χ4n) is 3.71. The standard InChI is InChI=1S/C20H21NO2S2/c1-13-15(11-14-7-5-6-10-17(14)23-13)12-18-19(22)21(20(24)25-18)16-8-3-2-4-9-16/h5-7,10-13,16H,2-4,8-9H2,1H3/b18-12-. The van der Waals surface area contributed by atoms with Crippen molar-refractivity contribution in [2.45, 2.75) is 51.2 Å². The van der Waals surface area contributed by atoms with Gasteiger partial charge in [0.1, 0.15) is 16.2 Å². The van der Waals surface area contributed by atoms with Gasteiger partial charge in [0.15, 0.2) is 0 Å². The molecule has 0 aromatic heterocycles. The number of fused-ring (bicyclic) bond motifs is 1. The fourth-order valence-corrected chi connectivity index (χ4v) is 5.11. The van der Waals surface area contributed by atoms with E-state index in [0.29, 0.717) is 4.32 Å². The Balaban J connectivity index is 1.60. The van der Waals surface area contributed by atoms with Crippen molar-refractivity contribution in [3.63, 3.8) is 0 Å². The summed E-state index contributed by atoms with van der Waals surface area (Å²) in [5.41, 5.74) is 2.07. The van der Waals surface area contributed by atoms with Gasteiger partial charge in [-0.05, 0) is 43.6 Å². The Morgan fingerprint density at radius 2 is 2.00 bits per heavy atom. The van der Waals surface area contributed by atoms with Crippen LogP contribution >= 0.6 is 24.0 Å². The predicted octanol–water partition coefficient (Wildman–Crippen LogP) is 4.93. The zero-order valence-electron chi connectivity index (χ0n) is 14.2. The Morgan fingerprint density at radius 3 is 2.80 bits per heavy atom. The van der Waals surface area contributed by atoms with Crippen molar-refractivity contribution in [1.82, 2.24) is 4.90 Å². The number of para-hydroxylation sites is 1. The van der Waals surface area contributed by atoms with Gasteiger partial charge in [0.2, 0.25) is 0 Å². The van der Waals surface area contributed by atoms with Crippen LogP contribution in [-0.2, 0) is 4.79 Å². The maximum atomic E-state index is 12.9. The molecular formula is C20H21NO2S2. The van der Waals surface area contributed by atoms with Crippen molar-refractivity contribution >= 4 is 40.3 Å². The molecule has 4 rings (SSSR count). The SMILES string of the molecule is CC1Oc2ccccc2C=C1/C=C1\SC(=S)N(C2CCCCC2)C1=O. The Bertz CT molecular complexity index is 778. The summed E-state index contributed by atoms with van der Waals surface area (Å²) < 4.78 is 6.68. The molecule has 2 fully saturated rings. The Kier molecular flexibility index (Phi) is 4.69. The summed E-state index contributed by atoms with van der Waals surface area (Å²) in [7, 11) is 0. The van der Waals surface area contributed by atoms with Crippen molar-refractivity contribution < 1.29 is 9.53 Å². The number of nitrogens with zero attached hydrogens (tertiary/aromatic N) is 1. The van der Waals surface area contributed by atoms with Crippen molar-refractivity contribution in [2.24, 2.45) is 0 Å². The van der Waals surface area contributed by atoms with E-state index in [-0.39, 0.29) is 18.1 Å². The van der Waals surface area contributed by atoms with E-state index in [1.807, 2.05) is 42.2 Å². The van der Waals surface area contributed by atoms with Gasteiger partial charge in [0.05, 0.1) is 4.91 Å². The summed E-state index contributed by atoms with van der Waals surface area (Å²) in [6.45, 7) is 2.01. The van der Waals surface area contributed by atoms with Crippen LogP contribution in [0.15, 0.2) is 40.8 Å². The van der Waals surface area contributed by atoms with Crippen molar-refractivity contribution in [3.05, 3.63) is 46.4 Å². The summed E-state index contributed by atoms with van der Waals surface area (Å²) in [6, 6.07) is 8.25. The average Bonchev–Trinajstić information content (AvgIpc) is 2.90. The molecule has 25 heavy (non-hydrogen) atoms. The van der Waals surface area contributed by atoms with Crippen LogP contribution in [0, 0.1) is 0 Å². The number of hydrogen-bond acceptors (Lipinski definition) is 4. The van der Waals surface area contributed by atoms with E-state index >= 15 is 0 Å². The lowest BCUT2D eigenvalue weighted by atomic mass is 9.94. The second-order valence-electron chi connectivity index (χ2n) is 6.79. The minimum Gasteiger partial charge on any atom is -0.485 e. The molecule has 0 bridgehead atoms. The molecule has 0 radical (unpaired) electrons. The van der Waals surface area contributed by atoms with E-state index in [1.165, 1.54) is 31.0 Å². The van der Waals surface area contributed by atoms with E-state index in [0.717, 1.165) is 34.6 Å². The van der Waals surface area contributed by atoms with Gasteiger partial charge < -0.3 is 4.74 Å². The Labute approximate surface area is 158 Å². The minimum atomic E-state index is -0.0758. The molecule has 3 aliphatic rings. The van der Waals surface area contributed by atoms with Crippen molar-refractivity contribution in [2.75, 3.05) is 0 Å². The smallest absolute Gasteiger partial charge is 0.266 e. The number of thioether (sulfide) groups is 1. The number of ether oxygens (including phenoxy) is 1. The van der Waals surface area contributed by atoms with Crippen LogP contribution in [0.1, 0.15) is 44.6 Å². The molecule has 1 unspecified atom stereocenters. The summed E-state index contributed by atoms with van der Waals surface area (Å²) in [4.78, 5) is 15.5. The third-order valence-corrected chi connectivity index (χ3v) is 6.41. The summed E-state index contributed by atoms with van der Waals surface area (Å²) >= 11 is 6.94. The molecule has 1 saturated carbocycles. The molecule has 0 spiro atoms.